The van der Waals surface area contributed by atoms with Gasteiger partial charge in [0.15, 0.2) is 0 Å². The van der Waals surface area contributed by atoms with E-state index < -0.39 is 17.4 Å². The Labute approximate surface area is 135 Å². The summed E-state index contributed by atoms with van der Waals surface area (Å²) in [4.78, 5) is 23.5. The van der Waals surface area contributed by atoms with Crippen LogP contribution in [0, 0.1) is 5.41 Å². The van der Waals surface area contributed by atoms with E-state index in [0.29, 0.717) is 19.4 Å². The van der Waals surface area contributed by atoms with E-state index >= 15 is 0 Å². The molecule has 0 aromatic carbocycles. The molecule has 1 rings (SSSR count). The Morgan fingerprint density at radius 3 is 2.55 bits per heavy atom. The van der Waals surface area contributed by atoms with Gasteiger partial charge in [0.2, 0.25) is 11.8 Å². The monoisotopic (exact) mass is 333 g/mol. The fourth-order valence-electron chi connectivity index (χ4n) is 1.91. The van der Waals surface area contributed by atoms with Crippen LogP contribution in [-0.2, 0) is 9.59 Å². The highest BCUT2D eigenvalue weighted by Crippen LogP contribution is 2.19. The summed E-state index contributed by atoms with van der Waals surface area (Å²) in [6, 6.07) is 0. The average Bonchev–Trinajstić information content (AvgIpc) is 2.51. The Kier molecular flexibility index (Phi) is 8.16. The van der Waals surface area contributed by atoms with Crippen molar-refractivity contribution in [2.75, 3.05) is 37.7 Å². The van der Waals surface area contributed by atoms with Gasteiger partial charge in [-0.1, -0.05) is 13.8 Å². The number of carbonyl (C=O) groups is 2. The molecule has 2 amide bonds. The summed E-state index contributed by atoms with van der Waals surface area (Å²) in [5.74, 6) is 1.47. The molecule has 0 spiro atoms. The van der Waals surface area contributed by atoms with Crippen molar-refractivity contribution in [3.63, 3.8) is 0 Å². The van der Waals surface area contributed by atoms with Crippen LogP contribution in [0.25, 0.3) is 0 Å². The van der Waals surface area contributed by atoms with Crippen LogP contribution in [0.2, 0.25) is 0 Å². The summed E-state index contributed by atoms with van der Waals surface area (Å²) in [7, 11) is 0. The number of nitrogens with one attached hydrogen (secondary N) is 2. The average molecular weight is 333 g/mol. The maximum absolute atomic E-state index is 11.7. The summed E-state index contributed by atoms with van der Waals surface area (Å²) in [5, 5.41) is 23.4. The number of aliphatic hydroxyl groups excluding tert-OH is 2. The third-order valence-corrected chi connectivity index (χ3v) is 4.51. The van der Waals surface area contributed by atoms with Crippen LogP contribution in [-0.4, -0.2) is 70.9 Å². The van der Waals surface area contributed by atoms with E-state index in [-0.39, 0.29) is 12.5 Å². The number of thioether (sulfide) groups is 1. The van der Waals surface area contributed by atoms with E-state index in [1.807, 2.05) is 16.8 Å². The van der Waals surface area contributed by atoms with Crippen LogP contribution in [0.15, 0.2) is 0 Å². The molecular formula is C14H27N3O4S. The Morgan fingerprint density at radius 2 is 1.95 bits per heavy atom. The molecule has 0 aromatic heterocycles. The second-order valence-corrected chi connectivity index (χ2v) is 7.30. The number of nitrogens with zero attached hydrogens (tertiary/aromatic N) is 1. The Bertz CT molecular complexity index is 373. The molecule has 0 saturated carbocycles. The van der Waals surface area contributed by atoms with Gasteiger partial charge in [-0.15, -0.1) is 0 Å². The Morgan fingerprint density at radius 1 is 1.32 bits per heavy atom. The van der Waals surface area contributed by atoms with E-state index in [9.17, 15) is 14.7 Å². The second kappa shape index (κ2) is 9.34. The predicted octanol–water partition coefficient (Wildman–Crippen LogP) is -0.658. The summed E-state index contributed by atoms with van der Waals surface area (Å²) in [6.07, 6.45) is -0.437. The number of aliphatic hydroxyl groups is 2. The number of hydrogen-bond donors (Lipinski definition) is 4. The molecule has 7 nitrogen and oxygen atoms in total. The zero-order valence-electron chi connectivity index (χ0n) is 13.3. The van der Waals surface area contributed by atoms with Crippen molar-refractivity contribution >= 4 is 23.6 Å². The molecule has 1 saturated heterocycles. The lowest BCUT2D eigenvalue weighted by atomic mass is 9.87. The van der Waals surface area contributed by atoms with Crippen LogP contribution in [0.4, 0.5) is 0 Å². The topological polar surface area (TPSA) is 102 Å². The van der Waals surface area contributed by atoms with Crippen molar-refractivity contribution in [3.8, 4) is 0 Å². The van der Waals surface area contributed by atoms with E-state index in [2.05, 4.69) is 10.7 Å². The van der Waals surface area contributed by atoms with Gasteiger partial charge in [-0.25, -0.2) is 5.01 Å². The van der Waals surface area contributed by atoms with Gasteiger partial charge in [0, 0.05) is 43.0 Å². The minimum atomic E-state index is -1.27. The lowest BCUT2D eigenvalue weighted by molar-refractivity contribution is -0.137. The summed E-state index contributed by atoms with van der Waals surface area (Å²) in [5.41, 5.74) is 1.97. The molecule has 0 unspecified atom stereocenters. The van der Waals surface area contributed by atoms with Gasteiger partial charge in [-0.3, -0.25) is 15.0 Å². The van der Waals surface area contributed by atoms with Crippen LogP contribution >= 0.6 is 11.8 Å². The van der Waals surface area contributed by atoms with Crippen LogP contribution in [0.1, 0.15) is 26.7 Å². The second-order valence-electron chi connectivity index (χ2n) is 6.08. The Hall–Kier alpha value is -0.830. The zero-order valence-corrected chi connectivity index (χ0v) is 14.1. The molecule has 4 N–H and O–H groups in total. The molecule has 1 heterocycles. The molecule has 8 heteroatoms. The molecule has 0 aromatic rings. The summed E-state index contributed by atoms with van der Waals surface area (Å²) in [6.45, 7) is 4.98. The first-order valence-electron chi connectivity index (χ1n) is 7.55. The van der Waals surface area contributed by atoms with Gasteiger partial charge in [0.25, 0.3) is 0 Å². The minimum absolute atomic E-state index is 0.0580. The van der Waals surface area contributed by atoms with Crippen molar-refractivity contribution in [1.82, 2.24) is 15.8 Å². The normalized spacial score (nSPS) is 17.8. The standard InChI is InChI=1S/C14H27N3O4S/c1-14(2,10-18)12(20)13(21)15-5-3-4-11(19)16-17-6-8-22-9-7-17/h12,18,20H,3-10H2,1-2H3,(H,15,21)(H,16,19)/t12-/m0/s1. The zero-order chi connectivity index (χ0) is 16.6. The number of rotatable bonds is 8. The number of hydrogen-bond acceptors (Lipinski definition) is 6. The number of amides is 2. The van der Waals surface area contributed by atoms with Crippen LogP contribution in [0.3, 0.4) is 0 Å². The quantitative estimate of drug-likeness (QED) is 0.440. The van der Waals surface area contributed by atoms with Gasteiger partial charge in [0.05, 0.1) is 6.61 Å². The lowest BCUT2D eigenvalue weighted by Crippen LogP contribution is -2.47. The van der Waals surface area contributed by atoms with Crippen LogP contribution in [0.5, 0.6) is 0 Å². The smallest absolute Gasteiger partial charge is 0.249 e. The number of hydrazine groups is 1. The molecule has 0 aliphatic carbocycles. The van der Waals surface area contributed by atoms with E-state index in [0.717, 1.165) is 24.6 Å². The molecular weight excluding hydrogens is 306 g/mol. The van der Waals surface area contributed by atoms with Crippen molar-refractivity contribution in [2.45, 2.75) is 32.8 Å². The summed E-state index contributed by atoms with van der Waals surface area (Å²) < 4.78 is 0. The van der Waals surface area contributed by atoms with Crippen molar-refractivity contribution < 1.29 is 19.8 Å². The molecule has 1 aliphatic heterocycles. The van der Waals surface area contributed by atoms with Crippen molar-refractivity contribution in [1.29, 1.82) is 0 Å². The Balaban J connectivity index is 2.16. The molecule has 1 aliphatic rings. The molecule has 0 bridgehead atoms. The predicted molar refractivity (Wildman–Crippen MR) is 86.2 cm³/mol. The maximum atomic E-state index is 11.7. The van der Waals surface area contributed by atoms with Gasteiger partial charge >= 0.3 is 0 Å². The summed E-state index contributed by atoms with van der Waals surface area (Å²) >= 11 is 1.87. The minimum Gasteiger partial charge on any atom is -0.396 e. The molecule has 22 heavy (non-hydrogen) atoms. The fourth-order valence-corrected chi connectivity index (χ4v) is 2.81. The van der Waals surface area contributed by atoms with E-state index in [1.165, 1.54) is 0 Å². The molecule has 1 atom stereocenters. The first-order valence-corrected chi connectivity index (χ1v) is 8.71. The van der Waals surface area contributed by atoms with Gasteiger partial charge in [0.1, 0.15) is 6.10 Å². The molecule has 0 radical (unpaired) electrons. The first kappa shape index (κ1) is 19.2. The molecule has 128 valence electrons. The van der Waals surface area contributed by atoms with E-state index in [4.69, 9.17) is 5.11 Å². The maximum Gasteiger partial charge on any atom is 0.249 e. The third kappa shape index (κ3) is 6.51. The fraction of sp³-hybridized carbons (Fsp3) is 0.857. The highest BCUT2D eigenvalue weighted by molar-refractivity contribution is 7.99. The largest absolute Gasteiger partial charge is 0.396 e. The highest BCUT2D eigenvalue weighted by atomic mass is 32.2. The SMILES string of the molecule is CC(C)(CO)[C@@H](O)C(=O)NCCCC(=O)NN1CCSCC1. The number of carbonyl (C=O) groups excluding carboxylic acids is 2. The van der Waals surface area contributed by atoms with Crippen molar-refractivity contribution in [3.05, 3.63) is 0 Å². The van der Waals surface area contributed by atoms with Gasteiger partial charge in [-0.2, -0.15) is 11.8 Å². The van der Waals surface area contributed by atoms with Gasteiger partial charge < -0.3 is 15.5 Å². The molecule has 1 fully saturated rings. The van der Waals surface area contributed by atoms with E-state index in [1.54, 1.807) is 13.8 Å². The third-order valence-electron chi connectivity index (χ3n) is 3.57. The highest BCUT2D eigenvalue weighted by Gasteiger charge is 2.32. The first-order chi connectivity index (χ1) is 10.4. The van der Waals surface area contributed by atoms with Crippen LogP contribution < -0.4 is 10.7 Å². The van der Waals surface area contributed by atoms with Gasteiger partial charge in [-0.05, 0) is 6.42 Å². The lowest BCUT2D eigenvalue weighted by Gasteiger charge is -2.27. The van der Waals surface area contributed by atoms with Crippen molar-refractivity contribution in [2.24, 2.45) is 5.41 Å².